The lowest BCUT2D eigenvalue weighted by Crippen LogP contribution is -2.47. The standard InChI is InChI=1S/C32H29ClN6O2S/c33-26-11-4-5-12-28(26)38-16-18-39(19-17-38)30-20-27(23-8-2-1-3-9-23)36-32(37-30)42-22-25-13-14-29(41-25)31(40)35-21-24-10-6-7-15-34-24/h1-15,20H,16-19,21-22H2,(H,35,40). The first-order valence-corrected chi connectivity index (χ1v) is 15.1. The number of hydrogen-bond donors (Lipinski definition) is 1. The normalized spacial score (nSPS) is 13.3. The second kappa shape index (κ2) is 13.1. The minimum atomic E-state index is -0.280. The van der Waals surface area contributed by atoms with E-state index >= 15 is 0 Å². The average molecular weight is 597 g/mol. The highest BCUT2D eigenvalue weighted by atomic mass is 35.5. The number of para-hydroxylation sites is 1. The number of amides is 1. The maximum Gasteiger partial charge on any atom is 0.287 e. The molecule has 8 nitrogen and oxygen atoms in total. The molecule has 1 aliphatic heterocycles. The van der Waals surface area contributed by atoms with E-state index in [1.54, 1.807) is 12.3 Å². The fourth-order valence-corrected chi connectivity index (χ4v) is 5.76. The van der Waals surface area contributed by atoms with Gasteiger partial charge in [-0.15, -0.1) is 0 Å². The zero-order valence-corrected chi connectivity index (χ0v) is 24.4. The SMILES string of the molecule is O=C(NCc1ccccn1)c1ccc(CSc2nc(-c3ccccc3)cc(N3CCN(c4ccccc4Cl)CC3)n2)o1. The Morgan fingerprint density at radius 2 is 1.64 bits per heavy atom. The summed E-state index contributed by atoms with van der Waals surface area (Å²) >= 11 is 7.94. The Hall–Kier alpha value is -4.34. The molecule has 42 heavy (non-hydrogen) atoms. The number of halogens is 1. The highest BCUT2D eigenvalue weighted by molar-refractivity contribution is 7.98. The number of carbonyl (C=O) groups is 1. The maximum absolute atomic E-state index is 12.6. The van der Waals surface area contributed by atoms with Gasteiger partial charge in [0.05, 0.1) is 34.4 Å². The highest BCUT2D eigenvalue weighted by Crippen LogP contribution is 2.30. The number of carbonyl (C=O) groups excluding carboxylic acids is 1. The Morgan fingerprint density at radius 1 is 0.881 bits per heavy atom. The molecule has 212 valence electrons. The molecule has 0 unspecified atom stereocenters. The molecule has 4 heterocycles. The number of thioether (sulfide) groups is 1. The molecule has 1 amide bonds. The second-order valence-electron chi connectivity index (χ2n) is 9.74. The minimum absolute atomic E-state index is 0.262. The quantitative estimate of drug-likeness (QED) is 0.156. The van der Waals surface area contributed by atoms with E-state index in [-0.39, 0.29) is 11.7 Å². The van der Waals surface area contributed by atoms with Crippen LogP contribution < -0.4 is 15.1 Å². The molecule has 1 N–H and O–H groups in total. The van der Waals surface area contributed by atoms with Crippen molar-refractivity contribution < 1.29 is 9.21 Å². The molecule has 1 saturated heterocycles. The van der Waals surface area contributed by atoms with Gasteiger partial charge in [0.2, 0.25) is 0 Å². The van der Waals surface area contributed by atoms with E-state index in [0.717, 1.165) is 59.7 Å². The number of nitrogens with one attached hydrogen (secondary N) is 1. The zero-order valence-electron chi connectivity index (χ0n) is 22.8. The highest BCUT2D eigenvalue weighted by Gasteiger charge is 2.21. The molecule has 0 atom stereocenters. The smallest absolute Gasteiger partial charge is 0.287 e. The summed E-state index contributed by atoms with van der Waals surface area (Å²) in [6, 6.07) is 29.2. The first-order valence-electron chi connectivity index (χ1n) is 13.7. The van der Waals surface area contributed by atoms with Crippen LogP contribution in [0.5, 0.6) is 0 Å². The zero-order chi connectivity index (χ0) is 28.7. The van der Waals surface area contributed by atoms with Crippen LogP contribution in [0.2, 0.25) is 5.02 Å². The van der Waals surface area contributed by atoms with Crippen molar-refractivity contribution in [2.45, 2.75) is 17.5 Å². The summed E-state index contributed by atoms with van der Waals surface area (Å²) in [4.78, 5) is 31.2. The van der Waals surface area contributed by atoms with Gasteiger partial charge in [-0.1, -0.05) is 71.9 Å². The molecule has 0 radical (unpaired) electrons. The number of anilines is 2. The van der Waals surface area contributed by atoms with Crippen molar-refractivity contribution >= 4 is 40.8 Å². The second-order valence-corrected chi connectivity index (χ2v) is 11.1. The van der Waals surface area contributed by atoms with Gasteiger partial charge in [-0.3, -0.25) is 9.78 Å². The Balaban J connectivity index is 1.14. The number of rotatable bonds is 9. The first kappa shape index (κ1) is 27.8. The van der Waals surface area contributed by atoms with Crippen molar-refractivity contribution in [3.05, 3.63) is 119 Å². The number of hydrogen-bond acceptors (Lipinski definition) is 8. The van der Waals surface area contributed by atoms with E-state index in [4.69, 9.17) is 26.0 Å². The van der Waals surface area contributed by atoms with Gasteiger partial charge in [-0.05, 0) is 36.4 Å². The van der Waals surface area contributed by atoms with Gasteiger partial charge >= 0.3 is 0 Å². The molecule has 0 saturated carbocycles. The summed E-state index contributed by atoms with van der Waals surface area (Å²) in [6.07, 6.45) is 1.70. The van der Waals surface area contributed by atoms with E-state index in [2.05, 4.69) is 44.4 Å². The van der Waals surface area contributed by atoms with Crippen LogP contribution in [-0.4, -0.2) is 47.0 Å². The van der Waals surface area contributed by atoms with Crippen LogP contribution in [0, 0.1) is 0 Å². The number of furan rings is 1. The molecule has 6 rings (SSSR count). The van der Waals surface area contributed by atoms with Crippen LogP contribution >= 0.6 is 23.4 Å². The fourth-order valence-electron chi connectivity index (χ4n) is 4.75. The van der Waals surface area contributed by atoms with Crippen LogP contribution in [0.4, 0.5) is 11.5 Å². The summed E-state index contributed by atoms with van der Waals surface area (Å²) in [5.41, 5.74) is 3.74. The van der Waals surface area contributed by atoms with Crippen LogP contribution in [0.25, 0.3) is 11.3 Å². The topological polar surface area (TPSA) is 87.4 Å². The lowest BCUT2D eigenvalue weighted by Gasteiger charge is -2.37. The summed E-state index contributed by atoms with van der Waals surface area (Å²) in [5, 5.41) is 4.26. The van der Waals surface area contributed by atoms with Gasteiger partial charge in [0.1, 0.15) is 11.6 Å². The molecule has 3 aromatic heterocycles. The predicted octanol–water partition coefficient (Wildman–Crippen LogP) is 6.33. The van der Waals surface area contributed by atoms with Gasteiger partial charge in [0.25, 0.3) is 5.91 Å². The van der Waals surface area contributed by atoms with Crippen molar-refractivity contribution in [2.75, 3.05) is 36.0 Å². The number of aromatic nitrogens is 3. The van der Waals surface area contributed by atoms with Crippen molar-refractivity contribution in [1.82, 2.24) is 20.3 Å². The predicted molar refractivity (Wildman–Crippen MR) is 167 cm³/mol. The Morgan fingerprint density at radius 3 is 2.43 bits per heavy atom. The van der Waals surface area contributed by atoms with E-state index in [9.17, 15) is 4.79 Å². The number of piperazine rings is 1. The van der Waals surface area contributed by atoms with Crippen LogP contribution in [0.3, 0.4) is 0 Å². The van der Waals surface area contributed by atoms with E-state index < -0.39 is 0 Å². The van der Waals surface area contributed by atoms with Gasteiger partial charge in [0, 0.05) is 44.0 Å². The lowest BCUT2D eigenvalue weighted by molar-refractivity contribution is 0.0921. The van der Waals surface area contributed by atoms with E-state index in [1.165, 1.54) is 11.8 Å². The summed E-state index contributed by atoms with van der Waals surface area (Å²) < 4.78 is 5.84. The van der Waals surface area contributed by atoms with Gasteiger partial charge in [0.15, 0.2) is 10.9 Å². The average Bonchev–Trinajstić information content (AvgIpc) is 3.53. The number of pyridine rings is 1. The number of nitrogens with zero attached hydrogens (tertiary/aromatic N) is 5. The molecule has 0 bridgehead atoms. The summed E-state index contributed by atoms with van der Waals surface area (Å²) in [7, 11) is 0. The van der Waals surface area contributed by atoms with Crippen molar-refractivity contribution in [2.24, 2.45) is 0 Å². The fraction of sp³-hybridized carbons (Fsp3) is 0.188. The summed E-state index contributed by atoms with van der Waals surface area (Å²) in [6.45, 7) is 3.65. The van der Waals surface area contributed by atoms with Gasteiger partial charge in [-0.2, -0.15) is 0 Å². The largest absolute Gasteiger partial charge is 0.455 e. The molecule has 0 spiro atoms. The minimum Gasteiger partial charge on any atom is -0.455 e. The molecular weight excluding hydrogens is 568 g/mol. The molecule has 0 aliphatic carbocycles. The van der Waals surface area contributed by atoms with Crippen LogP contribution in [0.15, 0.2) is 107 Å². The molecule has 1 aliphatic rings. The molecule has 10 heteroatoms. The lowest BCUT2D eigenvalue weighted by atomic mass is 10.1. The summed E-state index contributed by atoms with van der Waals surface area (Å²) in [5.74, 6) is 2.03. The monoisotopic (exact) mass is 596 g/mol. The third-order valence-electron chi connectivity index (χ3n) is 6.94. The molecular formula is C32H29ClN6O2S. The molecule has 5 aromatic rings. The Kier molecular flexibility index (Phi) is 8.67. The first-order chi connectivity index (χ1) is 20.6. The van der Waals surface area contributed by atoms with Crippen molar-refractivity contribution in [1.29, 1.82) is 0 Å². The van der Waals surface area contributed by atoms with E-state index in [0.29, 0.717) is 23.2 Å². The van der Waals surface area contributed by atoms with Crippen LogP contribution in [0.1, 0.15) is 22.0 Å². The van der Waals surface area contributed by atoms with Gasteiger partial charge in [-0.25, -0.2) is 9.97 Å². The van der Waals surface area contributed by atoms with E-state index in [1.807, 2.05) is 60.7 Å². The third kappa shape index (κ3) is 6.75. The maximum atomic E-state index is 12.6. The van der Waals surface area contributed by atoms with Crippen molar-refractivity contribution in [3.63, 3.8) is 0 Å². The Labute approximate surface area is 253 Å². The Bertz CT molecular complexity index is 1640. The van der Waals surface area contributed by atoms with Gasteiger partial charge < -0.3 is 19.5 Å². The third-order valence-corrected chi connectivity index (χ3v) is 8.13. The molecule has 2 aromatic carbocycles. The molecule has 1 fully saturated rings. The van der Waals surface area contributed by atoms with Crippen LogP contribution in [-0.2, 0) is 12.3 Å². The number of benzene rings is 2. The van der Waals surface area contributed by atoms with Crippen molar-refractivity contribution in [3.8, 4) is 11.3 Å².